The Bertz CT molecular complexity index is 787. The average molecular weight is 289 g/mol. The average Bonchev–Trinajstić information content (AvgIpc) is 2.83. The van der Waals surface area contributed by atoms with Crippen LogP contribution in [0.5, 0.6) is 0 Å². The Kier molecular flexibility index (Phi) is 3.00. The zero-order valence-corrected chi connectivity index (χ0v) is 10.9. The van der Waals surface area contributed by atoms with Crippen LogP contribution >= 0.6 is 11.6 Å². The van der Waals surface area contributed by atoms with Crippen LogP contribution < -0.4 is 11.3 Å². The monoisotopic (exact) mass is 288 g/mol. The van der Waals surface area contributed by atoms with Crippen molar-refractivity contribution in [1.29, 1.82) is 0 Å². The van der Waals surface area contributed by atoms with Crippen molar-refractivity contribution >= 4 is 17.4 Å². The predicted molar refractivity (Wildman–Crippen MR) is 75.2 cm³/mol. The number of halogens is 1. The second kappa shape index (κ2) is 4.82. The van der Waals surface area contributed by atoms with Gasteiger partial charge in [-0.3, -0.25) is 4.79 Å². The van der Waals surface area contributed by atoms with Crippen molar-refractivity contribution < 1.29 is 4.52 Å². The lowest BCUT2D eigenvalue weighted by atomic mass is 10.0. The molecule has 7 heteroatoms. The lowest BCUT2D eigenvalue weighted by Gasteiger charge is -2.02. The van der Waals surface area contributed by atoms with Gasteiger partial charge in [0.15, 0.2) is 11.6 Å². The van der Waals surface area contributed by atoms with E-state index < -0.39 is 0 Å². The van der Waals surface area contributed by atoms with Gasteiger partial charge in [-0.05, 0) is 23.8 Å². The summed E-state index contributed by atoms with van der Waals surface area (Å²) in [4.78, 5) is 11.0. The van der Waals surface area contributed by atoms with E-state index in [1.165, 1.54) is 12.1 Å². The molecule has 3 aromatic rings. The van der Waals surface area contributed by atoms with Crippen molar-refractivity contribution in [2.75, 3.05) is 5.73 Å². The summed E-state index contributed by atoms with van der Waals surface area (Å²) >= 11 is 5.86. The van der Waals surface area contributed by atoms with Crippen LogP contribution in [0.15, 0.2) is 45.7 Å². The molecule has 0 unspecified atom stereocenters. The molecule has 0 aliphatic rings. The molecule has 0 spiro atoms. The SMILES string of the molecule is Nc1noc(-c2ccc(=O)[nH]n2)c1-c1ccc(Cl)cc1. The van der Waals surface area contributed by atoms with Crippen molar-refractivity contribution in [1.82, 2.24) is 15.4 Å². The first-order chi connectivity index (χ1) is 9.65. The van der Waals surface area contributed by atoms with Gasteiger partial charge in [0.2, 0.25) is 0 Å². The van der Waals surface area contributed by atoms with E-state index in [-0.39, 0.29) is 11.4 Å². The van der Waals surface area contributed by atoms with Crippen molar-refractivity contribution in [2.24, 2.45) is 0 Å². The van der Waals surface area contributed by atoms with Crippen LogP contribution in [-0.4, -0.2) is 15.4 Å². The maximum atomic E-state index is 11.0. The normalized spacial score (nSPS) is 10.7. The van der Waals surface area contributed by atoms with Crippen molar-refractivity contribution in [3.63, 3.8) is 0 Å². The zero-order valence-electron chi connectivity index (χ0n) is 10.1. The van der Waals surface area contributed by atoms with Crippen LogP contribution in [0, 0.1) is 0 Å². The van der Waals surface area contributed by atoms with E-state index in [0.29, 0.717) is 22.0 Å². The highest BCUT2D eigenvalue weighted by atomic mass is 35.5. The number of aromatic nitrogens is 3. The maximum absolute atomic E-state index is 11.0. The van der Waals surface area contributed by atoms with Gasteiger partial charge >= 0.3 is 0 Å². The summed E-state index contributed by atoms with van der Waals surface area (Å²) in [6, 6.07) is 9.99. The minimum Gasteiger partial charge on any atom is -0.380 e. The first kappa shape index (κ1) is 12.4. The fourth-order valence-corrected chi connectivity index (χ4v) is 1.97. The minimum atomic E-state index is -0.297. The lowest BCUT2D eigenvalue weighted by Crippen LogP contribution is -2.05. The molecule has 1 aromatic carbocycles. The second-order valence-electron chi connectivity index (χ2n) is 4.09. The molecule has 0 saturated heterocycles. The van der Waals surface area contributed by atoms with E-state index in [0.717, 1.165) is 5.56 Å². The molecular weight excluding hydrogens is 280 g/mol. The Balaban J connectivity index is 2.16. The zero-order chi connectivity index (χ0) is 14.1. The maximum Gasteiger partial charge on any atom is 0.264 e. The van der Waals surface area contributed by atoms with E-state index in [1.54, 1.807) is 24.3 Å². The van der Waals surface area contributed by atoms with Gasteiger partial charge in [0, 0.05) is 11.1 Å². The Morgan fingerprint density at radius 2 is 1.90 bits per heavy atom. The Labute approximate surface area is 118 Å². The quantitative estimate of drug-likeness (QED) is 0.754. The summed E-state index contributed by atoms with van der Waals surface area (Å²) in [5.74, 6) is 0.636. The van der Waals surface area contributed by atoms with Crippen LogP contribution in [-0.2, 0) is 0 Å². The van der Waals surface area contributed by atoms with E-state index in [9.17, 15) is 4.79 Å². The van der Waals surface area contributed by atoms with Gasteiger partial charge < -0.3 is 10.3 Å². The first-order valence-electron chi connectivity index (χ1n) is 5.72. The van der Waals surface area contributed by atoms with Crippen LogP contribution in [0.3, 0.4) is 0 Å². The molecule has 0 radical (unpaired) electrons. The summed E-state index contributed by atoms with van der Waals surface area (Å²) in [7, 11) is 0. The van der Waals surface area contributed by atoms with Crippen LogP contribution in [0.1, 0.15) is 0 Å². The number of nitrogens with two attached hydrogens (primary N) is 1. The van der Waals surface area contributed by atoms with Gasteiger partial charge in [-0.2, -0.15) is 5.10 Å². The highest BCUT2D eigenvalue weighted by Gasteiger charge is 2.18. The summed E-state index contributed by atoms with van der Waals surface area (Å²) in [6.45, 7) is 0. The fourth-order valence-electron chi connectivity index (χ4n) is 1.84. The number of anilines is 1. The number of hydrogen-bond donors (Lipinski definition) is 2. The van der Waals surface area contributed by atoms with Crippen molar-refractivity contribution in [2.45, 2.75) is 0 Å². The number of nitrogen functional groups attached to an aromatic ring is 1. The van der Waals surface area contributed by atoms with Crippen LogP contribution in [0.25, 0.3) is 22.6 Å². The van der Waals surface area contributed by atoms with Gasteiger partial charge in [0.05, 0.1) is 5.56 Å². The summed E-state index contributed by atoms with van der Waals surface area (Å²) in [6.07, 6.45) is 0. The van der Waals surface area contributed by atoms with Gasteiger partial charge in [-0.15, -0.1) is 0 Å². The van der Waals surface area contributed by atoms with Gasteiger partial charge in [0.25, 0.3) is 5.56 Å². The van der Waals surface area contributed by atoms with Crippen LogP contribution in [0.4, 0.5) is 5.82 Å². The van der Waals surface area contributed by atoms with E-state index in [1.807, 2.05) is 0 Å². The van der Waals surface area contributed by atoms with Gasteiger partial charge in [0.1, 0.15) is 5.69 Å². The molecule has 2 heterocycles. The molecule has 3 rings (SSSR count). The van der Waals surface area contributed by atoms with Crippen molar-refractivity contribution in [3.05, 3.63) is 51.8 Å². The van der Waals surface area contributed by atoms with Gasteiger partial charge in [-0.1, -0.05) is 28.9 Å². The molecule has 0 bridgehead atoms. The Morgan fingerprint density at radius 3 is 2.55 bits per heavy atom. The standard InChI is InChI=1S/C13H9ClN4O2/c14-8-3-1-7(2-4-8)11-12(20-18-13(11)15)9-5-6-10(19)17-16-9/h1-6H,(H2,15,18)(H,17,19). The topological polar surface area (TPSA) is 97.8 Å². The molecule has 2 aromatic heterocycles. The fraction of sp³-hybridized carbons (Fsp3) is 0. The minimum absolute atomic E-state index is 0.246. The molecule has 100 valence electrons. The third-order valence-electron chi connectivity index (χ3n) is 2.76. The highest BCUT2D eigenvalue weighted by Crippen LogP contribution is 2.35. The molecule has 0 aliphatic carbocycles. The first-order valence-corrected chi connectivity index (χ1v) is 6.10. The molecule has 3 N–H and O–H groups in total. The Hall–Kier alpha value is -2.60. The van der Waals surface area contributed by atoms with Crippen molar-refractivity contribution in [3.8, 4) is 22.6 Å². The predicted octanol–water partition coefficient (Wildman–Crippen LogP) is 2.33. The molecular formula is C13H9ClN4O2. The number of aromatic amines is 1. The summed E-state index contributed by atoms with van der Waals surface area (Å²) in [5.41, 5.74) is 7.40. The number of nitrogens with zero attached hydrogens (tertiary/aromatic N) is 2. The number of rotatable bonds is 2. The molecule has 0 aliphatic heterocycles. The molecule has 6 nitrogen and oxygen atoms in total. The number of H-pyrrole nitrogens is 1. The van der Waals surface area contributed by atoms with Gasteiger partial charge in [-0.25, -0.2) is 5.10 Å². The van der Waals surface area contributed by atoms with E-state index in [2.05, 4.69) is 15.4 Å². The number of nitrogens with one attached hydrogen (secondary N) is 1. The molecule has 0 saturated carbocycles. The van der Waals surface area contributed by atoms with E-state index in [4.69, 9.17) is 21.9 Å². The second-order valence-corrected chi connectivity index (χ2v) is 4.52. The molecule has 20 heavy (non-hydrogen) atoms. The molecule has 0 fully saturated rings. The summed E-state index contributed by atoms with van der Waals surface area (Å²) in [5, 5.41) is 10.6. The lowest BCUT2D eigenvalue weighted by molar-refractivity contribution is 0.434. The van der Waals surface area contributed by atoms with Crippen LogP contribution in [0.2, 0.25) is 5.02 Å². The largest absolute Gasteiger partial charge is 0.380 e. The van der Waals surface area contributed by atoms with E-state index >= 15 is 0 Å². The highest BCUT2D eigenvalue weighted by molar-refractivity contribution is 6.30. The summed E-state index contributed by atoms with van der Waals surface area (Å²) < 4.78 is 5.21. The smallest absolute Gasteiger partial charge is 0.264 e. The molecule has 0 atom stereocenters. The molecule has 0 amide bonds. The number of hydrogen-bond acceptors (Lipinski definition) is 5. The Morgan fingerprint density at radius 1 is 1.15 bits per heavy atom. The third kappa shape index (κ3) is 2.17. The number of benzene rings is 1. The third-order valence-corrected chi connectivity index (χ3v) is 3.02.